The summed E-state index contributed by atoms with van der Waals surface area (Å²) in [5.74, 6) is 1.56. The third kappa shape index (κ3) is 4.20. The first-order valence-corrected chi connectivity index (χ1v) is 8.70. The number of nitrogens with zero attached hydrogens (tertiary/aromatic N) is 3. The van der Waals surface area contributed by atoms with Gasteiger partial charge in [0.25, 0.3) is 5.91 Å². The van der Waals surface area contributed by atoms with Crippen LogP contribution in [0, 0.1) is 5.92 Å². The van der Waals surface area contributed by atoms with Gasteiger partial charge < -0.3 is 15.2 Å². The van der Waals surface area contributed by atoms with Crippen molar-refractivity contribution >= 4 is 5.91 Å². The minimum atomic E-state index is -0.0241. The Balaban J connectivity index is 1.52. The zero-order valence-corrected chi connectivity index (χ0v) is 14.2. The molecule has 2 N–H and O–H groups in total. The zero-order chi connectivity index (χ0) is 16.8. The number of amides is 1. The van der Waals surface area contributed by atoms with Crippen molar-refractivity contribution in [3.63, 3.8) is 0 Å². The number of hydrogen-bond acceptors (Lipinski definition) is 4. The molecule has 1 fully saturated rings. The van der Waals surface area contributed by atoms with E-state index in [0.29, 0.717) is 18.9 Å². The second kappa shape index (κ2) is 8.06. The largest absolute Gasteiger partial charge is 0.352 e. The summed E-state index contributed by atoms with van der Waals surface area (Å²) in [4.78, 5) is 12.4. The number of benzene rings is 1. The Morgan fingerprint density at radius 2 is 2.38 bits per heavy atom. The number of rotatable bonds is 7. The van der Waals surface area contributed by atoms with E-state index in [1.165, 1.54) is 12.0 Å². The molecule has 1 saturated heterocycles. The summed E-state index contributed by atoms with van der Waals surface area (Å²) >= 11 is 0. The van der Waals surface area contributed by atoms with Crippen LogP contribution in [-0.2, 0) is 19.4 Å². The average Bonchev–Trinajstić information content (AvgIpc) is 3.26. The van der Waals surface area contributed by atoms with E-state index >= 15 is 0 Å². The van der Waals surface area contributed by atoms with Crippen molar-refractivity contribution in [2.24, 2.45) is 5.92 Å². The molecule has 1 aliphatic rings. The Morgan fingerprint density at radius 3 is 3.17 bits per heavy atom. The highest BCUT2D eigenvalue weighted by molar-refractivity contribution is 5.94. The molecular formula is C18H25N5O. The molecule has 1 aliphatic heterocycles. The summed E-state index contributed by atoms with van der Waals surface area (Å²) in [5, 5.41) is 14.4. The van der Waals surface area contributed by atoms with Crippen molar-refractivity contribution in [3.05, 3.63) is 47.5 Å². The maximum atomic E-state index is 12.4. The van der Waals surface area contributed by atoms with E-state index in [-0.39, 0.29) is 5.91 Å². The lowest BCUT2D eigenvalue weighted by Gasteiger charge is -2.10. The van der Waals surface area contributed by atoms with E-state index in [9.17, 15) is 4.79 Å². The van der Waals surface area contributed by atoms with Gasteiger partial charge in [-0.3, -0.25) is 4.79 Å². The summed E-state index contributed by atoms with van der Waals surface area (Å²) in [6.45, 7) is 5.64. The molecule has 1 unspecified atom stereocenters. The fourth-order valence-electron chi connectivity index (χ4n) is 3.19. The van der Waals surface area contributed by atoms with E-state index in [1.807, 2.05) is 22.8 Å². The van der Waals surface area contributed by atoms with Crippen molar-refractivity contribution in [1.82, 2.24) is 25.4 Å². The smallest absolute Gasteiger partial charge is 0.251 e. The molecule has 24 heavy (non-hydrogen) atoms. The highest BCUT2D eigenvalue weighted by Crippen LogP contribution is 2.16. The summed E-state index contributed by atoms with van der Waals surface area (Å²) < 4.78 is 1.99. The molecule has 1 aromatic carbocycles. The third-order valence-electron chi connectivity index (χ3n) is 4.55. The highest BCUT2D eigenvalue weighted by Gasteiger charge is 2.15. The Labute approximate surface area is 142 Å². The number of carbonyl (C=O) groups excluding carboxylic acids is 1. The van der Waals surface area contributed by atoms with Gasteiger partial charge in [0.05, 0.1) is 0 Å². The van der Waals surface area contributed by atoms with E-state index in [4.69, 9.17) is 0 Å². The first kappa shape index (κ1) is 16.6. The molecule has 0 aliphatic carbocycles. The fraction of sp³-hybridized carbons (Fsp3) is 0.500. The molecular weight excluding hydrogens is 302 g/mol. The van der Waals surface area contributed by atoms with Gasteiger partial charge in [-0.25, -0.2) is 0 Å². The first-order valence-electron chi connectivity index (χ1n) is 8.70. The predicted octanol–water partition coefficient (Wildman–Crippen LogP) is 1.42. The topological polar surface area (TPSA) is 71.8 Å². The Bertz CT molecular complexity index is 676. The van der Waals surface area contributed by atoms with Gasteiger partial charge in [0.1, 0.15) is 12.2 Å². The van der Waals surface area contributed by atoms with E-state index < -0.39 is 0 Å². The number of hydrogen-bond donors (Lipinski definition) is 2. The van der Waals surface area contributed by atoms with Crippen LogP contribution in [0.15, 0.2) is 30.6 Å². The van der Waals surface area contributed by atoms with Gasteiger partial charge in [0, 0.05) is 25.1 Å². The lowest BCUT2D eigenvalue weighted by Crippen LogP contribution is -2.26. The van der Waals surface area contributed by atoms with Crippen LogP contribution in [0.5, 0.6) is 0 Å². The molecule has 6 nitrogen and oxygen atoms in total. The summed E-state index contributed by atoms with van der Waals surface area (Å²) in [5.41, 5.74) is 1.97. The molecule has 1 aromatic heterocycles. The monoisotopic (exact) mass is 327 g/mol. The van der Waals surface area contributed by atoms with Crippen LogP contribution in [-0.4, -0.2) is 40.3 Å². The molecule has 0 spiro atoms. The lowest BCUT2D eigenvalue weighted by molar-refractivity contribution is 0.0953. The minimum Gasteiger partial charge on any atom is -0.352 e. The molecule has 0 radical (unpaired) electrons. The van der Waals surface area contributed by atoms with Crippen molar-refractivity contribution < 1.29 is 4.79 Å². The average molecular weight is 327 g/mol. The Hall–Kier alpha value is -2.21. The Morgan fingerprint density at radius 1 is 1.46 bits per heavy atom. The van der Waals surface area contributed by atoms with Crippen LogP contribution in [0.3, 0.4) is 0 Å². The maximum absolute atomic E-state index is 12.4. The van der Waals surface area contributed by atoms with Crippen LogP contribution in [0.25, 0.3) is 0 Å². The SMILES string of the molecule is CCn1cnnc1CCNC(=O)c1cccc(CC2CCNC2)c1. The van der Waals surface area contributed by atoms with Crippen molar-refractivity contribution in [2.45, 2.75) is 32.7 Å². The quantitative estimate of drug-likeness (QED) is 0.807. The van der Waals surface area contributed by atoms with Gasteiger partial charge >= 0.3 is 0 Å². The molecule has 128 valence electrons. The predicted molar refractivity (Wildman–Crippen MR) is 92.9 cm³/mol. The molecule has 0 bridgehead atoms. The summed E-state index contributed by atoms with van der Waals surface area (Å²) in [6, 6.07) is 7.97. The standard InChI is InChI=1S/C18H25N5O/c1-2-23-13-21-22-17(23)7-9-20-18(24)16-5-3-4-14(11-16)10-15-6-8-19-12-15/h3-5,11,13,15,19H,2,6-10,12H2,1H3,(H,20,24). The van der Waals surface area contributed by atoms with Crippen LogP contribution in [0.2, 0.25) is 0 Å². The first-order chi connectivity index (χ1) is 11.8. The fourth-order valence-corrected chi connectivity index (χ4v) is 3.19. The van der Waals surface area contributed by atoms with Crippen LogP contribution in [0.4, 0.5) is 0 Å². The second-order valence-electron chi connectivity index (χ2n) is 6.30. The van der Waals surface area contributed by atoms with Crippen LogP contribution >= 0.6 is 0 Å². The van der Waals surface area contributed by atoms with Gasteiger partial charge in [-0.15, -0.1) is 10.2 Å². The number of aromatic nitrogens is 3. The number of carbonyl (C=O) groups is 1. The van der Waals surface area contributed by atoms with Gasteiger partial charge in [-0.1, -0.05) is 12.1 Å². The normalized spacial score (nSPS) is 17.1. The Kier molecular flexibility index (Phi) is 5.59. The van der Waals surface area contributed by atoms with Crippen molar-refractivity contribution in [1.29, 1.82) is 0 Å². The molecule has 0 saturated carbocycles. The van der Waals surface area contributed by atoms with Crippen LogP contribution in [0.1, 0.15) is 35.1 Å². The highest BCUT2D eigenvalue weighted by atomic mass is 16.1. The molecule has 2 heterocycles. The van der Waals surface area contributed by atoms with E-state index in [0.717, 1.165) is 37.4 Å². The minimum absolute atomic E-state index is 0.0241. The molecule has 1 amide bonds. The number of nitrogens with one attached hydrogen (secondary N) is 2. The third-order valence-corrected chi connectivity index (χ3v) is 4.55. The van der Waals surface area contributed by atoms with Gasteiger partial charge in [-0.2, -0.15) is 0 Å². The summed E-state index contributed by atoms with van der Waals surface area (Å²) in [7, 11) is 0. The lowest BCUT2D eigenvalue weighted by atomic mass is 9.97. The zero-order valence-electron chi connectivity index (χ0n) is 14.2. The van der Waals surface area contributed by atoms with Gasteiger partial charge in [0.2, 0.25) is 0 Å². The molecule has 3 rings (SSSR count). The second-order valence-corrected chi connectivity index (χ2v) is 6.30. The van der Waals surface area contributed by atoms with E-state index in [1.54, 1.807) is 6.33 Å². The van der Waals surface area contributed by atoms with Crippen LogP contribution < -0.4 is 10.6 Å². The number of aryl methyl sites for hydroxylation is 1. The van der Waals surface area contributed by atoms with Gasteiger partial charge in [-0.05, 0) is 56.5 Å². The molecule has 6 heteroatoms. The van der Waals surface area contributed by atoms with Crippen molar-refractivity contribution in [3.8, 4) is 0 Å². The molecule has 1 atom stereocenters. The maximum Gasteiger partial charge on any atom is 0.251 e. The summed E-state index contributed by atoms with van der Waals surface area (Å²) in [6.07, 6.45) is 4.66. The van der Waals surface area contributed by atoms with E-state index in [2.05, 4.69) is 33.8 Å². The van der Waals surface area contributed by atoms with Gasteiger partial charge in [0.15, 0.2) is 0 Å². The molecule has 2 aromatic rings. The van der Waals surface area contributed by atoms with Crippen molar-refractivity contribution in [2.75, 3.05) is 19.6 Å².